The molecule has 6 rings (SSSR count). The molecule has 1 aliphatic carbocycles. The maximum absolute atomic E-state index is 14.2. The van der Waals surface area contributed by atoms with Crippen molar-refractivity contribution in [3.8, 4) is 5.75 Å². The zero-order valence-electron chi connectivity index (χ0n) is 21.8. The van der Waals surface area contributed by atoms with Crippen molar-refractivity contribution in [1.82, 2.24) is 10.2 Å². The predicted molar refractivity (Wildman–Crippen MR) is 146 cm³/mol. The van der Waals surface area contributed by atoms with E-state index in [1.807, 2.05) is 36.4 Å². The van der Waals surface area contributed by atoms with Crippen molar-refractivity contribution < 1.29 is 23.9 Å². The van der Waals surface area contributed by atoms with E-state index in [1.54, 1.807) is 36.3 Å². The number of amides is 3. The molecule has 5 atom stereocenters. The van der Waals surface area contributed by atoms with E-state index < -0.39 is 29.6 Å². The third-order valence-electron chi connectivity index (χ3n) is 8.48. The summed E-state index contributed by atoms with van der Waals surface area (Å²) in [7, 11) is 1.59. The average molecular weight is 550 g/mol. The number of rotatable bonds is 7. The van der Waals surface area contributed by atoms with E-state index in [4.69, 9.17) is 21.1 Å². The molecule has 2 N–H and O–H groups in total. The van der Waals surface area contributed by atoms with E-state index in [9.17, 15) is 14.4 Å². The topological polar surface area (TPSA) is 97.0 Å². The summed E-state index contributed by atoms with van der Waals surface area (Å²) in [5, 5.41) is 6.69. The Hall–Kier alpha value is -3.36. The third kappa shape index (κ3) is 4.59. The van der Waals surface area contributed by atoms with Crippen LogP contribution in [0, 0.1) is 11.8 Å². The summed E-state index contributed by atoms with van der Waals surface area (Å²) < 4.78 is 11.8. The summed E-state index contributed by atoms with van der Waals surface area (Å²) in [6.45, 7) is 0.199. The number of fused-ring (bicyclic) bond motifs is 1. The minimum absolute atomic E-state index is 0.0713. The molecule has 1 spiro atoms. The lowest BCUT2D eigenvalue weighted by Gasteiger charge is -2.34. The summed E-state index contributed by atoms with van der Waals surface area (Å²) >= 11 is 6.00. The maximum atomic E-state index is 14.2. The number of hydrogen-bond donors (Lipinski definition) is 2. The highest BCUT2D eigenvalue weighted by molar-refractivity contribution is 6.30. The number of carbonyl (C=O) groups is 3. The Morgan fingerprint density at radius 3 is 2.62 bits per heavy atom. The Labute approximate surface area is 232 Å². The molecular formula is C30H32ClN3O5. The minimum Gasteiger partial charge on any atom is -0.497 e. The molecule has 9 heteroatoms. The molecule has 3 aliphatic heterocycles. The van der Waals surface area contributed by atoms with Gasteiger partial charge in [0.2, 0.25) is 17.7 Å². The van der Waals surface area contributed by atoms with Crippen molar-refractivity contribution in [2.45, 2.75) is 62.4 Å². The summed E-state index contributed by atoms with van der Waals surface area (Å²) in [4.78, 5) is 43.3. The fourth-order valence-corrected chi connectivity index (χ4v) is 6.82. The quantitative estimate of drug-likeness (QED) is 0.507. The largest absolute Gasteiger partial charge is 0.497 e. The normalized spacial score (nSPS) is 29.4. The van der Waals surface area contributed by atoms with Gasteiger partial charge >= 0.3 is 0 Å². The van der Waals surface area contributed by atoms with Crippen molar-refractivity contribution in [2.24, 2.45) is 11.8 Å². The highest BCUT2D eigenvalue weighted by atomic mass is 35.5. The molecule has 4 aliphatic rings. The number of nitrogens with one attached hydrogen (secondary N) is 2. The molecule has 8 nitrogen and oxygen atoms in total. The van der Waals surface area contributed by atoms with Crippen LogP contribution in [0.15, 0.2) is 60.7 Å². The van der Waals surface area contributed by atoms with Crippen molar-refractivity contribution in [3.63, 3.8) is 0 Å². The van der Waals surface area contributed by atoms with Crippen LogP contribution in [0.5, 0.6) is 5.75 Å². The van der Waals surface area contributed by atoms with Crippen molar-refractivity contribution in [2.75, 3.05) is 12.4 Å². The molecule has 0 radical (unpaired) electrons. The van der Waals surface area contributed by atoms with Crippen LogP contribution in [0.3, 0.4) is 0 Å². The molecule has 1 saturated carbocycles. The summed E-state index contributed by atoms with van der Waals surface area (Å²) in [5.74, 6) is -1.72. The van der Waals surface area contributed by atoms with E-state index in [-0.39, 0.29) is 30.3 Å². The van der Waals surface area contributed by atoms with Gasteiger partial charge in [0, 0.05) is 23.3 Å². The van der Waals surface area contributed by atoms with Crippen LogP contribution in [0.4, 0.5) is 5.69 Å². The second kappa shape index (κ2) is 10.3. The number of halogens is 1. The van der Waals surface area contributed by atoms with Gasteiger partial charge in [-0.05, 0) is 54.8 Å². The van der Waals surface area contributed by atoms with Crippen LogP contribution in [0.2, 0.25) is 5.02 Å². The van der Waals surface area contributed by atoms with Crippen molar-refractivity contribution >= 4 is 35.0 Å². The number of anilines is 1. The second-order valence-corrected chi connectivity index (χ2v) is 11.3. The average Bonchev–Trinajstić information content (AvgIpc) is 3.58. The highest BCUT2D eigenvalue weighted by Crippen LogP contribution is 2.55. The first-order valence-electron chi connectivity index (χ1n) is 13.6. The summed E-state index contributed by atoms with van der Waals surface area (Å²) in [5.41, 5.74) is 0.201. The lowest BCUT2D eigenvalue weighted by Crippen LogP contribution is -2.56. The van der Waals surface area contributed by atoms with E-state index in [2.05, 4.69) is 10.6 Å². The van der Waals surface area contributed by atoms with Crippen LogP contribution in [0.1, 0.15) is 37.7 Å². The van der Waals surface area contributed by atoms with Gasteiger partial charge in [0.1, 0.15) is 17.4 Å². The van der Waals surface area contributed by atoms with Gasteiger partial charge in [-0.1, -0.05) is 55.1 Å². The molecule has 2 aromatic rings. The van der Waals surface area contributed by atoms with Crippen LogP contribution in [0.25, 0.3) is 0 Å². The smallest absolute Gasteiger partial charge is 0.246 e. The molecule has 0 aromatic heterocycles. The SMILES string of the molecule is COc1cccc(CN2C(=O)[C@H]3[C@H](C(=O)Nc4ccc(Cl)cc4)[C@H]4C=C[C@@]3(O4)[C@H]2C(=O)NC2CCCCC2)c1. The Balaban J connectivity index is 1.32. The Morgan fingerprint density at radius 2 is 1.87 bits per heavy atom. The number of likely N-dealkylation sites (tertiary alicyclic amines) is 1. The van der Waals surface area contributed by atoms with Gasteiger partial charge in [-0.25, -0.2) is 0 Å². The molecule has 204 valence electrons. The summed E-state index contributed by atoms with van der Waals surface area (Å²) in [6, 6.07) is 13.4. The van der Waals surface area contributed by atoms with Crippen LogP contribution in [-0.4, -0.2) is 53.5 Å². The Morgan fingerprint density at radius 1 is 1.10 bits per heavy atom. The monoisotopic (exact) mass is 549 g/mol. The number of benzene rings is 2. The molecule has 2 saturated heterocycles. The molecule has 3 heterocycles. The molecule has 39 heavy (non-hydrogen) atoms. The fraction of sp³-hybridized carbons (Fsp3) is 0.433. The van der Waals surface area contributed by atoms with Gasteiger partial charge < -0.3 is 25.0 Å². The summed E-state index contributed by atoms with van der Waals surface area (Å²) in [6.07, 6.45) is 8.22. The minimum atomic E-state index is -1.21. The zero-order valence-corrected chi connectivity index (χ0v) is 22.5. The first-order valence-corrected chi connectivity index (χ1v) is 13.9. The second-order valence-electron chi connectivity index (χ2n) is 10.9. The molecular weight excluding hydrogens is 518 g/mol. The van der Waals surface area contributed by atoms with E-state index in [1.165, 1.54) is 6.42 Å². The van der Waals surface area contributed by atoms with Gasteiger partial charge in [0.15, 0.2) is 0 Å². The van der Waals surface area contributed by atoms with Crippen LogP contribution < -0.4 is 15.4 Å². The lowest BCUT2D eigenvalue weighted by molar-refractivity contribution is -0.142. The Bertz CT molecular complexity index is 1310. The van der Waals surface area contributed by atoms with Gasteiger partial charge in [0.05, 0.1) is 25.0 Å². The number of methoxy groups -OCH3 is 1. The number of nitrogens with zero attached hydrogens (tertiary/aromatic N) is 1. The molecule has 0 unspecified atom stereocenters. The number of carbonyl (C=O) groups excluding carboxylic acids is 3. The van der Waals surface area contributed by atoms with Crippen molar-refractivity contribution in [1.29, 1.82) is 0 Å². The van der Waals surface area contributed by atoms with Crippen LogP contribution >= 0.6 is 11.6 Å². The molecule has 2 bridgehead atoms. The van der Waals surface area contributed by atoms with E-state index in [0.717, 1.165) is 31.2 Å². The predicted octanol–water partition coefficient (Wildman–Crippen LogP) is 4.09. The number of ether oxygens (including phenoxy) is 2. The maximum Gasteiger partial charge on any atom is 0.246 e. The molecule has 3 amide bonds. The first-order chi connectivity index (χ1) is 18.9. The van der Waals surface area contributed by atoms with Crippen molar-refractivity contribution in [3.05, 3.63) is 71.3 Å². The van der Waals surface area contributed by atoms with Gasteiger partial charge in [-0.15, -0.1) is 0 Å². The van der Waals surface area contributed by atoms with Gasteiger partial charge in [-0.2, -0.15) is 0 Å². The molecule has 3 fully saturated rings. The Kier molecular flexibility index (Phi) is 6.85. The zero-order chi connectivity index (χ0) is 27.1. The number of hydrogen-bond acceptors (Lipinski definition) is 5. The highest BCUT2D eigenvalue weighted by Gasteiger charge is 2.72. The lowest BCUT2D eigenvalue weighted by atomic mass is 9.74. The first kappa shape index (κ1) is 25.9. The van der Waals surface area contributed by atoms with E-state index >= 15 is 0 Å². The fourth-order valence-electron chi connectivity index (χ4n) is 6.69. The van der Waals surface area contributed by atoms with Gasteiger partial charge in [0.25, 0.3) is 0 Å². The molecule has 2 aromatic carbocycles. The van der Waals surface area contributed by atoms with Crippen LogP contribution in [-0.2, 0) is 25.7 Å². The van der Waals surface area contributed by atoms with E-state index in [0.29, 0.717) is 16.5 Å². The standard InChI is InChI=1S/C30H32ClN3O5/c1-38-22-9-5-6-18(16-22)17-34-26(28(36)33-20-7-3-2-4-8-20)30-15-14-23(39-30)24(25(30)29(34)37)27(35)32-21-12-10-19(31)11-13-21/h5-6,9-16,20,23-26H,2-4,7-8,17H2,1H3,(H,32,35)(H,33,36)/t23-,24-,25-,26-,30+/m1/s1. The van der Waals surface area contributed by atoms with Gasteiger partial charge in [-0.3, -0.25) is 14.4 Å². The third-order valence-corrected chi connectivity index (χ3v) is 8.73.